The van der Waals surface area contributed by atoms with Crippen LogP contribution in [0.3, 0.4) is 0 Å². The number of oxime groups is 1. The number of hydrogen-bond acceptors (Lipinski definition) is 6. The predicted octanol–water partition coefficient (Wildman–Crippen LogP) is 0.896. The Labute approximate surface area is 121 Å². The van der Waals surface area contributed by atoms with Crippen molar-refractivity contribution in [3.8, 4) is 0 Å². The van der Waals surface area contributed by atoms with Crippen molar-refractivity contribution in [2.75, 3.05) is 18.5 Å². The number of rotatable bonds is 5. The predicted molar refractivity (Wildman–Crippen MR) is 77.6 cm³/mol. The van der Waals surface area contributed by atoms with Crippen LogP contribution in [0.4, 0.5) is 11.4 Å². The first-order valence-corrected chi connectivity index (χ1v) is 6.58. The van der Waals surface area contributed by atoms with Gasteiger partial charge >= 0.3 is 0 Å². The maximum absolute atomic E-state index is 11.2. The molecule has 0 atom stereocenters. The van der Waals surface area contributed by atoms with Gasteiger partial charge in [0, 0.05) is 25.2 Å². The SMILES string of the molecule is CN(CC1CC(O)C1)c1ccc(C(N)=NO)cc1[N+](=O)[O-]. The van der Waals surface area contributed by atoms with Gasteiger partial charge < -0.3 is 20.9 Å². The summed E-state index contributed by atoms with van der Waals surface area (Å²) in [6.45, 7) is 0.640. The van der Waals surface area contributed by atoms with E-state index in [0.717, 1.165) is 12.8 Å². The van der Waals surface area contributed by atoms with Crippen LogP contribution in [0.2, 0.25) is 0 Å². The van der Waals surface area contributed by atoms with Gasteiger partial charge in [-0.05, 0) is 30.9 Å². The number of aliphatic hydroxyl groups excluding tert-OH is 1. The third-order valence-electron chi connectivity index (χ3n) is 3.73. The number of anilines is 1. The smallest absolute Gasteiger partial charge is 0.293 e. The van der Waals surface area contributed by atoms with Crippen molar-refractivity contribution in [2.45, 2.75) is 18.9 Å². The van der Waals surface area contributed by atoms with Crippen molar-refractivity contribution in [1.29, 1.82) is 0 Å². The van der Waals surface area contributed by atoms with Crippen molar-refractivity contribution >= 4 is 17.2 Å². The Hall–Kier alpha value is -2.35. The fraction of sp³-hybridized carbons (Fsp3) is 0.462. The minimum atomic E-state index is -0.490. The maximum atomic E-state index is 11.2. The number of nitrogens with zero attached hydrogens (tertiary/aromatic N) is 3. The highest BCUT2D eigenvalue weighted by Gasteiger charge is 2.29. The Kier molecular flexibility index (Phi) is 4.27. The van der Waals surface area contributed by atoms with E-state index in [-0.39, 0.29) is 17.6 Å². The Morgan fingerprint density at radius 2 is 2.24 bits per heavy atom. The van der Waals surface area contributed by atoms with Gasteiger partial charge in [0.15, 0.2) is 5.84 Å². The first-order chi connectivity index (χ1) is 9.92. The lowest BCUT2D eigenvalue weighted by Gasteiger charge is -2.35. The van der Waals surface area contributed by atoms with Crippen LogP contribution >= 0.6 is 0 Å². The molecule has 0 saturated heterocycles. The molecule has 1 aromatic rings. The minimum Gasteiger partial charge on any atom is -0.409 e. The summed E-state index contributed by atoms with van der Waals surface area (Å²) < 4.78 is 0. The maximum Gasteiger partial charge on any atom is 0.293 e. The molecule has 1 saturated carbocycles. The van der Waals surface area contributed by atoms with Crippen LogP contribution in [0, 0.1) is 16.0 Å². The van der Waals surface area contributed by atoms with E-state index < -0.39 is 4.92 Å². The summed E-state index contributed by atoms with van der Waals surface area (Å²) in [5, 5.41) is 32.0. The van der Waals surface area contributed by atoms with Crippen LogP contribution in [0.1, 0.15) is 18.4 Å². The average Bonchev–Trinajstić information content (AvgIpc) is 2.43. The van der Waals surface area contributed by atoms with Crippen LogP contribution in [0.25, 0.3) is 0 Å². The van der Waals surface area contributed by atoms with Gasteiger partial charge in [-0.2, -0.15) is 0 Å². The zero-order valence-electron chi connectivity index (χ0n) is 11.6. The standard InChI is InChI=1S/C13H18N4O4/c1-16(7-8-4-10(18)5-8)11-3-2-9(13(14)15-19)6-12(11)17(20)21/h2-3,6,8,10,18-19H,4-5,7H2,1H3,(H2,14,15). The third kappa shape index (κ3) is 3.22. The highest BCUT2D eigenvalue weighted by Crippen LogP contribution is 2.33. The van der Waals surface area contributed by atoms with E-state index in [9.17, 15) is 15.2 Å². The number of amidine groups is 1. The first kappa shape index (κ1) is 15.0. The van der Waals surface area contributed by atoms with E-state index in [4.69, 9.17) is 10.9 Å². The van der Waals surface area contributed by atoms with Crippen molar-refractivity contribution in [1.82, 2.24) is 0 Å². The van der Waals surface area contributed by atoms with Gasteiger partial charge in [-0.3, -0.25) is 10.1 Å². The van der Waals surface area contributed by atoms with Crippen molar-refractivity contribution < 1.29 is 15.2 Å². The molecule has 8 nitrogen and oxygen atoms in total. The molecule has 0 aromatic heterocycles. The summed E-state index contributed by atoms with van der Waals surface area (Å²) in [5.74, 6) is 0.169. The summed E-state index contributed by atoms with van der Waals surface area (Å²) in [6, 6.07) is 4.45. The summed E-state index contributed by atoms with van der Waals surface area (Å²) in [5.41, 5.74) is 6.12. The van der Waals surface area contributed by atoms with Crippen molar-refractivity contribution in [3.05, 3.63) is 33.9 Å². The lowest BCUT2D eigenvalue weighted by atomic mass is 9.82. The quantitative estimate of drug-likeness (QED) is 0.243. The Morgan fingerprint density at radius 1 is 1.57 bits per heavy atom. The molecule has 21 heavy (non-hydrogen) atoms. The molecule has 1 aliphatic rings. The van der Waals surface area contributed by atoms with Gasteiger partial charge in [0.25, 0.3) is 5.69 Å². The zero-order chi connectivity index (χ0) is 15.6. The highest BCUT2D eigenvalue weighted by molar-refractivity contribution is 5.98. The number of hydrogen-bond donors (Lipinski definition) is 3. The lowest BCUT2D eigenvalue weighted by Crippen LogP contribution is -2.37. The highest BCUT2D eigenvalue weighted by atomic mass is 16.6. The second kappa shape index (κ2) is 5.96. The topological polar surface area (TPSA) is 125 Å². The minimum absolute atomic E-state index is 0.0959. The molecule has 0 bridgehead atoms. The van der Waals surface area contributed by atoms with Crippen LogP contribution in [0.15, 0.2) is 23.4 Å². The second-order valence-electron chi connectivity index (χ2n) is 5.32. The molecule has 2 rings (SSSR count). The number of benzene rings is 1. The molecular formula is C13H18N4O4. The molecule has 0 aliphatic heterocycles. The molecule has 4 N–H and O–H groups in total. The van der Waals surface area contributed by atoms with E-state index in [1.54, 1.807) is 24.1 Å². The summed E-state index contributed by atoms with van der Waals surface area (Å²) in [7, 11) is 1.77. The molecule has 0 spiro atoms. The molecule has 0 unspecified atom stereocenters. The number of aliphatic hydroxyl groups is 1. The number of nitrogens with two attached hydrogens (primary N) is 1. The van der Waals surface area contributed by atoms with Crippen molar-refractivity contribution in [2.24, 2.45) is 16.8 Å². The third-order valence-corrected chi connectivity index (χ3v) is 3.73. The molecule has 0 heterocycles. The van der Waals surface area contributed by atoms with Crippen LogP contribution in [-0.4, -0.2) is 40.8 Å². The van der Waals surface area contributed by atoms with E-state index in [2.05, 4.69) is 5.16 Å². The van der Waals surface area contributed by atoms with E-state index in [1.165, 1.54) is 6.07 Å². The van der Waals surface area contributed by atoms with Gasteiger partial charge in [-0.25, -0.2) is 0 Å². The normalized spacial score (nSPS) is 21.7. The largest absolute Gasteiger partial charge is 0.409 e. The molecular weight excluding hydrogens is 276 g/mol. The Morgan fingerprint density at radius 3 is 2.76 bits per heavy atom. The fourth-order valence-corrected chi connectivity index (χ4v) is 2.54. The van der Waals surface area contributed by atoms with Crippen LogP contribution in [-0.2, 0) is 0 Å². The lowest BCUT2D eigenvalue weighted by molar-refractivity contribution is -0.384. The van der Waals surface area contributed by atoms with E-state index in [1.807, 2.05) is 0 Å². The van der Waals surface area contributed by atoms with Crippen LogP contribution in [0.5, 0.6) is 0 Å². The van der Waals surface area contributed by atoms with Gasteiger partial charge in [0.05, 0.1) is 11.0 Å². The Bertz CT molecular complexity index is 569. The molecule has 1 aromatic carbocycles. The summed E-state index contributed by atoms with van der Waals surface area (Å²) in [6.07, 6.45) is 1.20. The number of nitro groups is 1. The fourth-order valence-electron chi connectivity index (χ4n) is 2.54. The van der Waals surface area contributed by atoms with E-state index in [0.29, 0.717) is 23.7 Å². The van der Waals surface area contributed by atoms with Gasteiger partial charge in [0.1, 0.15) is 5.69 Å². The second-order valence-corrected chi connectivity index (χ2v) is 5.32. The van der Waals surface area contributed by atoms with Crippen molar-refractivity contribution in [3.63, 3.8) is 0 Å². The Balaban J connectivity index is 2.23. The van der Waals surface area contributed by atoms with Gasteiger partial charge in [-0.1, -0.05) is 5.16 Å². The van der Waals surface area contributed by atoms with Crippen LogP contribution < -0.4 is 10.6 Å². The molecule has 0 amide bonds. The molecule has 1 fully saturated rings. The molecule has 0 radical (unpaired) electrons. The summed E-state index contributed by atoms with van der Waals surface area (Å²) in [4.78, 5) is 12.5. The number of nitro benzene ring substituents is 1. The first-order valence-electron chi connectivity index (χ1n) is 6.58. The van der Waals surface area contributed by atoms with Gasteiger partial charge in [0.2, 0.25) is 0 Å². The average molecular weight is 294 g/mol. The van der Waals surface area contributed by atoms with Gasteiger partial charge in [-0.15, -0.1) is 0 Å². The molecule has 1 aliphatic carbocycles. The molecule has 114 valence electrons. The monoisotopic (exact) mass is 294 g/mol. The van der Waals surface area contributed by atoms with E-state index >= 15 is 0 Å². The zero-order valence-corrected chi connectivity index (χ0v) is 11.6. The molecule has 8 heteroatoms. The summed E-state index contributed by atoms with van der Waals surface area (Å²) >= 11 is 0.